The second kappa shape index (κ2) is 4.08. The summed E-state index contributed by atoms with van der Waals surface area (Å²) in [6.07, 6.45) is 9.62. The molecule has 11 atom stereocenters. The molecule has 6 saturated carbocycles. The van der Waals surface area contributed by atoms with Crippen molar-refractivity contribution in [3.05, 3.63) is 0 Å². The van der Waals surface area contributed by atoms with Gasteiger partial charge in [0.05, 0.1) is 0 Å². The van der Waals surface area contributed by atoms with Crippen LogP contribution in [0.2, 0.25) is 0 Å². The Morgan fingerprint density at radius 3 is 2.19 bits per heavy atom. The van der Waals surface area contributed by atoms with E-state index in [1.165, 1.54) is 47.8 Å². The van der Waals surface area contributed by atoms with E-state index in [0.717, 1.165) is 36.9 Å². The SMILES string of the molecule is CCOCC1CC2CC1C1C3CC(C4C5CCC(C5)C34)C21. The lowest BCUT2D eigenvalue weighted by Crippen LogP contribution is -2.43. The minimum atomic E-state index is 0.919. The Hall–Kier alpha value is -0.0400. The fourth-order valence-corrected chi connectivity index (χ4v) is 9.39. The highest BCUT2D eigenvalue weighted by Crippen LogP contribution is 2.77. The summed E-state index contributed by atoms with van der Waals surface area (Å²) in [5, 5.41) is 0. The Kier molecular flexibility index (Phi) is 2.40. The fraction of sp³-hybridized carbons (Fsp3) is 1.00. The highest BCUT2D eigenvalue weighted by molar-refractivity contribution is 5.19. The first-order valence-electron chi connectivity index (χ1n) is 9.94. The summed E-state index contributed by atoms with van der Waals surface area (Å²) >= 11 is 0. The zero-order valence-corrected chi connectivity index (χ0v) is 13.4. The van der Waals surface area contributed by atoms with Gasteiger partial charge in [0.25, 0.3) is 0 Å². The first-order valence-corrected chi connectivity index (χ1v) is 9.94. The summed E-state index contributed by atoms with van der Waals surface area (Å²) in [6.45, 7) is 4.16. The third kappa shape index (κ3) is 1.35. The Labute approximate surface area is 129 Å². The standard InChI is InChI=1S/C20H30O/c1-2-21-9-13-6-12-7-14(13)20-16-8-15(19(12)20)17-10-3-4-11(5-10)18(16)17/h10-20H,2-9H2,1H3. The molecule has 0 heterocycles. The molecule has 0 saturated heterocycles. The zero-order chi connectivity index (χ0) is 13.7. The molecule has 6 fully saturated rings. The zero-order valence-electron chi connectivity index (χ0n) is 13.4. The van der Waals surface area contributed by atoms with E-state index in [1.54, 1.807) is 32.1 Å². The van der Waals surface area contributed by atoms with Crippen LogP contribution in [0.15, 0.2) is 0 Å². The van der Waals surface area contributed by atoms with Crippen LogP contribution in [0.1, 0.15) is 45.4 Å². The lowest BCUT2D eigenvalue weighted by Gasteiger charge is -2.46. The topological polar surface area (TPSA) is 9.23 Å². The molecule has 6 rings (SSSR count). The normalized spacial score (nSPS) is 65.3. The molecular formula is C20H30O. The molecule has 6 aliphatic rings. The Morgan fingerprint density at radius 2 is 1.43 bits per heavy atom. The van der Waals surface area contributed by atoms with E-state index in [0.29, 0.717) is 0 Å². The van der Waals surface area contributed by atoms with Crippen molar-refractivity contribution in [2.45, 2.75) is 45.4 Å². The number of hydrogen-bond donors (Lipinski definition) is 0. The second-order valence-corrected chi connectivity index (χ2v) is 9.52. The molecule has 1 heteroatoms. The van der Waals surface area contributed by atoms with Crippen LogP contribution in [0.3, 0.4) is 0 Å². The summed E-state index contributed by atoms with van der Waals surface area (Å²) in [7, 11) is 0. The van der Waals surface area contributed by atoms with Gasteiger partial charge in [0.15, 0.2) is 0 Å². The van der Waals surface area contributed by atoms with Gasteiger partial charge in [-0.3, -0.25) is 0 Å². The number of rotatable bonds is 3. The van der Waals surface area contributed by atoms with Crippen LogP contribution in [-0.2, 0) is 4.74 Å². The molecule has 0 aliphatic heterocycles. The van der Waals surface area contributed by atoms with Gasteiger partial charge in [0.1, 0.15) is 0 Å². The summed E-state index contributed by atoms with van der Waals surface area (Å²) in [4.78, 5) is 0. The average Bonchev–Trinajstić information content (AvgIpc) is 3.30. The summed E-state index contributed by atoms with van der Waals surface area (Å²) in [5.41, 5.74) is 0. The smallest absolute Gasteiger partial charge is 0.0496 e. The molecule has 0 amide bonds. The number of ether oxygens (including phenoxy) is 1. The van der Waals surface area contributed by atoms with Crippen LogP contribution in [0.25, 0.3) is 0 Å². The van der Waals surface area contributed by atoms with Gasteiger partial charge >= 0.3 is 0 Å². The molecule has 0 aromatic carbocycles. The minimum Gasteiger partial charge on any atom is -0.381 e. The fourth-order valence-electron chi connectivity index (χ4n) is 9.39. The van der Waals surface area contributed by atoms with Crippen molar-refractivity contribution in [1.82, 2.24) is 0 Å². The van der Waals surface area contributed by atoms with Gasteiger partial charge in [0, 0.05) is 13.2 Å². The van der Waals surface area contributed by atoms with E-state index in [9.17, 15) is 0 Å². The van der Waals surface area contributed by atoms with Gasteiger partial charge in [-0.15, -0.1) is 0 Å². The van der Waals surface area contributed by atoms with Gasteiger partial charge in [-0.1, -0.05) is 0 Å². The van der Waals surface area contributed by atoms with Gasteiger partial charge in [-0.25, -0.2) is 0 Å². The van der Waals surface area contributed by atoms with E-state index in [2.05, 4.69) is 6.92 Å². The van der Waals surface area contributed by atoms with Crippen molar-refractivity contribution < 1.29 is 4.74 Å². The first-order chi connectivity index (χ1) is 10.4. The van der Waals surface area contributed by atoms with Crippen molar-refractivity contribution >= 4 is 0 Å². The maximum absolute atomic E-state index is 5.83. The van der Waals surface area contributed by atoms with Crippen LogP contribution in [0.4, 0.5) is 0 Å². The predicted molar refractivity (Wildman–Crippen MR) is 82.6 cm³/mol. The molecule has 6 aliphatic carbocycles. The second-order valence-electron chi connectivity index (χ2n) is 9.52. The van der Waals surface area contributed by atoms with Crippen LogP contribution in [0.5, 0.6) is 0 Å². The quantitative estimate of drug-likeness (QED) is 0.706. The minimum absolute atomic E-state index is 0.919. The highest BCUT2D eigenvalue weighted by Gasteiger charge is 2.71. The van der Waals surface area contributed by atoms with E-state index < -0.39 is 0 Å². The molecule has 0 radical (unpaired) electrons. The van der Waals surface area contributed by atoms with E-state index >= 15 is 0 Å². The monoisotopic (exact) mass is 286 g/mol. The van der Waals surface area contributed by atoms with Crippen molar-refractivity contribution in [3.8, 4) is 0 Å². The van der Waals surface area contributed by atoms with Gasteiger partial charge < -0.3 is 4.74 Å². The predicted octanol–water partition coefficient (Wildman–Crippen LogP) is 4.22. The molecule has 116 valence electrons. The van der Waals surface area contributed by atoms with Crippen molar-refractivity contribution in [2.75, 3.05) is 13.2 Å². The number of hydrogen-bond acceptors (Lipinski definition) is 1. The summed E-state index contributed by atoms with van der Waals surface area (Å²) in [5.74, 6) is 12.5. The van der Waals surface area contributed by atoms with Crippen molar-refractivity contribution in [3.63, 3.8) is 0 Å². The van der Waals surface area contributed by atoms with Crippen LogP contribution in [-0.4, -0.2) is 13.2 Å². The maximum Gasteiger partial charge on any atom is 0.0496 e. The third-order valence-electron chi connectivity index (χ3n) is 9.37. The van der Waals surface area contributed by atoms with Crippen molar-refractivity contribution in [2.24, 2.45) is 65.1 Å². The lowest BCUT2D eigenvalue weighted by molar-refractivity contribution is -0.0111. The first kappa shape index (κ1) is 12.4. The molecule has 1 nitrogen and oxygen atoms in total. The van der Waals surface area contributed by atoms with Gasteiger partial charge in [-0.05, 0) is 111 Å². The van der Waals surface area contributed by atoms with Gasteiger partial charge in [0.2, 0.25) is 0 Å². The molecule has 0 spiro atoms. The molecule has 6 bridgehead atoms. The van der Waals surface area contributed by atoms with E-state index in [4.69, 9.17) is 4.74 Å². The van der Waals surface area contributed by atoms with Crippen LogP contribution in [0, 0.1) is 65.1 Å². The molecule has 21 heavy (non-hydrogen) atoms. The number of fused-ring (bicyclic) bond motifs is 16. The third-order valence-corrected chi connectivity index (χ3v) is 9.37. The Bertz CT molecular complexity index is 459. The molecule has 0 aromatic rings. The highest BCUT2D eigenvalue weighted by atomic mass is 16.5. The lowest BCUT2D eigenvalue weighted by atomic mass is 9.58. The summed E-state index contributed by atoms with van der Waals surface area (Å²) < 4.78 is 5.83. The average molecular weight is 286 g/mol. The molecular weight excluding hydrogens is 256 g/mol. The largest absolute Gasteiger partial charge is 0.381 e. The van der Waals surface area contributed by atoms with E-state index in [1.807, 2.05) is 0 Å². The van der Waals surface area contributed by atoms with Crippen LogP contribution >= 0.6 is 0 Å². The van der Waals surface area contributed by atoms with Crippen LogP contribution < -0.4 is 0 Å². The summed E-state index contributed by atoms with van der Waals surface area (Å²) in [6, 6.07) is 0. The van der Waals surface area contributed by atoms with E-state index in [-0.39, 0.29) is 0 Å². The maximum atomic E-state index is 5.83. The Morgan fingerprint density at radius 1 is 0.714 bits per heavy atom. The van der Waals surface area contributed by atoms with Crippen molar-refractivity contribution in [1.29, 1.82) is 0 Å². The molecule has 11 unspecified atom stereocenters. The molecule has 0 N–H and O–H groups in total. The Balaban J connectivity index is 1.30. The van der Waals surface area contributed by atoms with Gasteiger partial charge in [-0.2, -0.15) is 0 Å². The molecule has 0 aromatic heterocycles.